The fraction of sp³-hybridized carbons (Fsp3) is 0. The Kier molecular flexibility index (Phi) is 6.97. The van der Waals surface area contributed by atoms with Crippen LogP contribution in [-0.4, -0.2) is 17.2 Å². The lowest BCUT2D eigenvalue weighted by Crippen LogP contribution is -2.11. The molecule has 2 aromatic carbocycles. The zero-order chi connectivity index (χ0) is 16.9. The quantitative estimate of drug-likeness (QED) is 0.655. The highest BCUT2D eigenvalue weighted by Crippen LogP contribution is 2.29. The number of primary amides is 1. The second-order valence-corrected chi connectivity index (χ2v) is 5.65. The highest BCUT2D eigenvalue weighted by atomic mass is 35.5. The van der Waals surface area contributed by atoms with Crippen molar-refractivity contribution in [1.82, 2.24) is 0 Å². The molecule has 1 amide bonds. The fourth-order valence-corrected chi connectivity index (χ4v) is 2.40. The van der Waals surface area contributed by atoms with Gasteiger partial charge in [0.05, 0.1) is 15.6 Å². The van der Waals surface area contributed by atoms with Gasteiger partial charge in [0.15, 0.2) is 0 Å². The first-order valence-electron chi connectivity index (χ1n) is 5.69. The van der Waals surface area contributed by atoms with E-state index in [4.69, 9.17) is 57.5 Å². The van der Waals surface area contributed by atoms with Crippen LogP contribution in [0.3, 0.4) is 0 Å². The van der Waals surface area contributed by atoms with E-state index in [-0.39, 0.29) is 21.4 Å². The minimum Gasteiger partial charge on any atom is -0.506 e. The molecule has 22 heavy (non-hydrogen) atoms. The summed E-state index contributed by atoms with van der Waals surface area (Å²) in [5.41, 5.74) is 5.61. The van der Waals surface area contributed by atoms with Crippen LogP contribution in [0, 0.1) is 5.41 Å². The van der Waals surface area contributed by atoms with Gasteiger partial charge in [-0.15, -0.1) is 0 Å². The third-order valence-corrected chi connectivity index (χ3v) is 3.46. The smallest absolute Gasteiger partial charge is 0.250 e. The molecule has 0 aromatic heterocycles. The molecule has 2 rings (SSSR count). The van der Waals surface area contributed by atoms with Gasteiger partial charge in [0, 0.05) is 21.8 Å². The molecule has 0 unspecified atom stereocenters. The van der Waals surface area contributed by atoms with Crippen molar-refractivity contribution >= 4 is 58.5 Å². The van der Waals surface area contributed by atoms with Crippen molar-refractivity contribution in [3.05, 3.63) is 61.5 Å². The third-order valence-electron chi connectivity index (χ3n) is 2.41. The first-order valence-corrected chi connectivity index (χ1v) is 7.20. The number of hydrogen-bond acceptors (Lipinski definition) is 3. The Balaban J connectivity index is 0.000000220. The molecule has 8 heteroatoms. The van der Waals surface area contributed by atoms with Crippen LogP contribution in [0.5, 0.6) is 5.75 Å². The highest BCUT2D eigenvalue weighted by molar-refractivity contribution is 6.37. The lowest BCUT2D eigenvalue weighted by atomic mass is 10.2. The van der Waals surface area contributed by atoms with E-state index in [1.165, 1.54) is 24.3 Å². The van der Waals surface area contributed by atoms with Crippen molar-refractivity contribution in [2.24, 2.45) is 5.73 Å². The monoisotopic (exact) mass is 378 g/mol. The number of benzene rings is 2. The number of halogens is 4. The molecule has 0 aliphatic rings. The minimum atomic E-state index is -0.549. The molecule has 116 valence electrons. The Morgan fingerprint density at radius 1 is 1.05 bits per heavy atom. The summed E-state index contributed by atoms with van der Waals surface area (Å²) >= 11 is 22.4. The summed E-state index contributed by atoms with van der Waals surface area (Å²) in [4.78, 5) is 10.6. The van der Waals surface area contributed by atoms with Crippen LogP contribution in [0.25, 0.3) is 0 Å². The van der Waals surface area contributed by atoms with Gasteiger partial charge in [-0.2, -0.15) is 0 Å². The van der Waals surface area contributed by atoms with E-state index in [9.17, 15) is 9.90 Å². The Labute approximate surface area is 146 Å². The number of aromatic hydroxyl groups is 1. The van der Waals surface area contributed by atoms with Crippen LogP contribution in [0.1, 0.15) is 15.9 Å². The van der Waals surface area contributed by atoms with Gasteiger partial charge in [0.25, 0.3) is 0 Å². The lowest BCUT2D eigenvalue weighted by molar-refractivity contribution is 0.100. The molecule has 2 aromatic rings. The van der Waals surface area contributed by atoms with Crippen LogP contribution in [0.2, 0.25) is 20.1 Å². The third kappa shape index (κ3) is 5.07. The van der Waals surface area contributed by atoms with E-state index >= 15 is 0 Å². The summed E-state index contributed by atoms with van der Waals surface area (Å²) in [7, 11) is 0. The zero-order valence-corrected chi connectivity index (χ0v) is 13.9. The van der Waals surface area contributed by atoms with Crippen LogP contribution in [0.15, 0.2) is 30.3 Å². The molecular formula is C14H10Cl4N2O2. The fourth-order valence-electron chi connectivity index (χ4n) is 1.39. The van der Waals surface area contributed by atoms with Crippen LogP contribution in [-0.2, 0) is 0 Å². The van der Waals surface area contributed by atoms with E-state index in [2.05, 4.69) is 0 Å². The van der Waals surface area contributed by atoms with Crippen molar-refractivity contribution < 1.29 is 9.90 Å². The summed E-state index contributed by atoms with van der Waals surface area (Å²) in [5.74, 6) is -0.655. The maximum absolute atomic E-state index is 10.6. The van der Waals surface area contributed by atoms with Crippen molar-refractivity contribution in [2.75, 3.05) is 0 Å². The number of carbonyl (C=O) groups is 1. The normalized spacial score (nSPS) is 9.64. The summed E-state index contributed by atoms with van der Waals surface area (Å²) in [6.07, 6.45) is 0.993. The number of phenolic OH excluding ortho intramolecular Hbond substituents is 1. The molecule has 0 saturated carbocycles. The van der Waals surface area contributed by atoms with Crippen LogP contribution >= 0.6 is 46.4 Å². The van der Waals surface area contributed by atoms with E-state index in [1.54, 1.807) is 6.07 Å². The second-order valence-electron chi connectivity index (χ2n) is 3.96. The number of phenols is 1. The number of nitrogens with one attached hydrogen (secondary N) is 1. The predicted octanol–water partition coefficient (Wildman–Crippen LogP) is 4.79. The van der Waals surface area contributed by atoms with Gasteiger partial charge in [0.1, 0.15) is 5.75 Å². The molecule has 0 saturated heterocycles. The largest absolute Gasteiger partial charge is 0.506 e. The molecule has 0 spiro atoms. The van der Waals surface area contributed by atoms with Gasteiger partial charge in [-0.05, 0) is 30.3 Å². The van der Waals surface area contributed by atoms with Crippen molar-refractivity contribution in [3.63, 3.8) is 0 Å². The molecule has 0 bridgehead atoms. The van der Waals surface area contributed by atoms with Gasteiger partial charge in [-0.1, -0.05) is 46.4 Å². The lowest BCUT2D eigenvalue weighted by Gasteiger charge is -2.00. The second kappa shape index (κ2) is 8.25. The van der Waals surface area contributed by atoms with Gasteiger partial charge >= 0.3 is 0 Å². The van der Waals surface area contributed by atoms with E-state index in [0.29, 0.717) is 15.6 Å². The standard InChI is InChI=1S/2C7H5Cl2NO/c8-5-1-4(3-10)7(11)6(9)2-5;8-4-1-2-5(7(10)11)6(9)3-4/h1-3,10-11H;1-3H,(H2,10,11). The van der Waals surface area contributed by atoms with E-state index in [1.807, 2.05) is 0 Å². The molecular weight excluding hydrogens is 370 g/mol. The van der Waals surface area contributed by atoms with Gasteiger partial charge in [-0.25, -0.2) is 0 Å². The highest BCUT2D eigenvalue weighted by Gasteiger charge is 2.05. The number of hydrogen-bond donors (Lipinski definition) is 3. The summed E-state index contributed by atoms with van der Waals surface area (Å²) in [5, 5.41) is 17.4. The Morgan fingerprint density at radius 3 is 2.14 bits per heavy atom. The predicted molar refractivity (Wildman–Crippen MR) is 91.0 cm³/mol. The Hall–Kier alpha value is -1.46. The molecule has 0 heterocycles. The maximum atomic E-state index is 10.6. The van der Waals surface area contributed by atoms with Crippen molar-refractivity contribution in [3.8, 4) is 5.75 Å². The Bertz CT molecular complexity index is 720. The number of amides is 1. The average molecular weight is 380 g/mol. The molecule has 0 fully saturated rings. The SMILES string of the molecule is N=Cc1cc(Cl)cc(Cl)c1O.NC(=O)c1ccc(Cl)cc1Cl. The van der Waals surface area contributed by atoms with Crippen LogP contribution in [0.4, 0.5) is 0 Å². The van der Waals surface area contributed by atoms with Gasteiger partial charge in [0.2, 0.25) is 5.91 Å². The first kappa shape index (κ1) is 18.6. The van der Waals surface area contributed by atoms with E-state index < -0.39 is 5.91 Å². The number of carbonyl (C=O) groups excluding carboxylic acids is 1. The molecule has 0 aliphatic heterocycles. The minimum absolute atomic E-state index is 0.105. The zero-order valence-electron chi connectivity index (χ0n) is 10.9. The maximum Gasteiger partial charge on any atom is 0.250 e. The van der Waals surface area contributed by atoms with Crippen LogP contribution < -0.4 is 5.73 Å². The number of rotatable bonds is 2. The summed E-state index contributed by atoms with van der Waals surface area (Å²) < 4.78 is 0. The summed E-state index contributed by atoms with van der Waals surface area (Å²) in [6, 6.07) is 7.42. The van der Waals surface area contributed by atoms with Crippen molar-refractivity contribution in [2.45, 2.75) is 0 Å². The summed E-state index contributed by atoms with van der Waals surface area (Å²) in [6.45, 7) is 0. The topological polar surface area (TPSA) is 87.2 Å². The van der Waals surface area contributed by atoms with Gasteiger partial charge in [-0.3, -0.25) is 4.79 Å². The molecule has 0 atom stereocenters. The van der Waals surface area contributed by atoms with Gasteiger partial charge < -0.3 is 16.2 Å². The molecule has 0 aliphatic carbocycles. The molecule has 4 nitrogen and oxygen atoms in total. The average Bonchev–Trinajstić information content (AvgIpc) is 2.43. The molecule has 4 N–H and O–H groups in total. The number of nitrogens with two attached hydrogens (primary N) is 1. The van der Waals surface area contributed by atoms with E-state index in [0.717, 1.165) is 6.21 Å². The van der Waals surface area contributed by atoms with Crippen molar-refractivity contribution in [1.29, 1.82) is 5.41 Å². The Morgan fingerprint density at radius 2 is 1.64 bits per heavy atom. The molecule has 0 radical (unpaired) electrons. The first-order chi connectivity index (χ1) is 10.3.